The lowest BCUT2D eigenvalue weighted by Crippen LogP contribution is -2.28. The molecule has 16 rings (SSSR count). The Labute approximate surface area is 831 Å². The molecule has 45 heteroatoms. The molecule has 15 heterocycles. The molecule has 1 aromatic carbocycles. The van der Waals surface area contributed by atoms with Gasteiger partial charge in [-0.25, -0.2) is 61.2 Å². The summed E-state index contributed by atoms with van der Waals surface area (Å²) in [6.45, 7) is 10.5. The van der Waals surface area contributed by atoms with Gasteiger partial charge in [0.2, 0.25) is 5.89 Å². The molecule has 0 atom stereocenters. The topological polar surface area (TPSA) is 408 Å². The Morgan fingerprint density at radius 2 is 0.648 bits per heavy atom. The maximum atomic E-state index is 13.7. The molecular formula is C97H119F2N31O9S3. The van der Waals surface area contributed by atoms with Crippen molar-refractivity contribution in [3.05, 3.63) is 330 Å². The largest absolute Gasteiger partial charge is 0.443 e. The summed E-state index contributed by atoms with van der Waals surface area (Å²) in [6.07, 6.45) is 14.4. The fourth-order valence-electron chi connectivity index (χ4n) is 12.0. The monoisotopic (exact) mass is 2000 g/mol. The Bertz CT molecular complexity index is 6390. The van der Waals surface area contributed by atoms with E-state index in [9.17, 15) is 47.1 Å². The molecule has 0 saturated carbocycles. The zero-order valence-corrected chi connectivity index (χ0v) is 84.8. The third kappa shape index (κ3) is 37.5. The minimum absolute atomic E-state index is 0.0744. The molecule has 16 aromatic rings. The first-order valence-corrected chi connectivity index (χ1v) is 47.4. The van der Waals surface area contributed by atoms with Gasteiger partial charge in [-0.1, -0.05) is 12.1 Å². The number of hydrogen-bond donors (Lipinski definition) is 0. The summed E-state index contributed by atoms with van der Waals surface area (Å²) in [5.74, 6) is -0.322. The molecule has 0 aliphatic heterocycles. The lowest BCUT2D eigenvalue weighted by Gasteiger charge is -2.11. The molecule has 0 unspecified atom stereocenters. The molecule has 0 fully saturated rings. The summed E-state index contributed by atoms with van der Waals surface area (Å²) >= 11 is 4.41. The Kier molecular flexibility index (Phi) is 45.2. The van der Waals surface area contributed by atoms with Crippen LogP contribution in [0.25, 0.3) is 90.1 Å². The molecule has 0 saturated heterocycles. The van der Waals surface area contributed by atoms with Gasteiger partial charge >= 0.3 is 0 Å². The van der Waals surface area contributed by atoms with Gasteiger partial charge in [-0.2, -0.15) is 45.2 Å². The zero-order valence-electron chi connectivity index (χ0n) is 82.3. The van der Waals surface area contributed by atoms with Gasteiger partial charge in [0, 0.05) is 177 Å². The number of aromatic nitrogens is 23. The average molecular weight is 2000 g/mol. The first-order chi connectivity index (χ1) is 68.1. The summed E-state index contributed by atoms with van der Waals surface area (Å²) in [5, 5.41) is 40.8. The molecule has 0 aliphatic carbocycles. The molecule has 748 valence electrons. The number of oxazole rings is 1. The highest BCUT2D eigenvalue weighted by atomic mass is 32.1. The van der Waals surface area contributed by atoms with Crippen LogP contribution in [-0.2, 0) is 52.4 Å². The van der Waals surface area contributed by atoms with Crippen LogP contribution >= 0.6 is 34.2 Å². The molecule has 0 N–H and O–H groups in total. The van der Waals surface area contributed by atoms with E-state index in [-0.39, 0.29) is 50.3 Å². The molecule has 0 amide bonds. The molecule has 15 aromatic heterocycles. The second-order valence-electron chi connectivity index (χ2n) is 33.4. The maximum Gasteiger partial charge on any atom is 0.266 e. The number of rotatable bonds is 32. The van der Waals surface area contributed by atoms with E-state index in [0.29, 0.717) is 99.5 Å². The highest BCUT2D eigenvalue weighted by Crippen LogP contribution is 2.23. The van der Waals surface area contributed by atoms with Gasteiger partial charge in [-0.3, -0.25) is 53.3 Å². The van der Waals surface area contributed by atoms with Crippen molar-refractivity contribution in [1.29, 1.82) is 0 Å². The van der Waals surface area contributed by atoms with Crippen molar-refractivity contribution >= 4 is 34.2 Å². The molecule has 0 radical (unpaired) electrons. The Balaban J connectivity index is 0.000000181. The van der Waals surface area contributed by atoms with Crippen LogP contribution in [0.4, 0.5) is 8.78 Å². The van der Waals surface area contributed by atoms with Gasteiger partial charge in [-0.15, -0.1) is 22.7 Å². The van der Waals surface area contributed by atoms with Gasteiger partial charge in [-0.05, 0) is 221 Å². The normalized spacial score (nSPS) is 10.9. The van der Waals surface area contributed by atoms with Crippen LogP contribution in [0.5, 0.6) is 0 Å². The fourth-order valence-corrected chi connectivity index (χ4v) is 13.6. The van der Waals surface area contributed by atoms with Crippen LogP contribution < -0.4 is 44.5 Å². The van der Waals surface area contributed by atoms with E-state index in [1.807, 2.05) is 198 Å². The van der Waals surface area contributed by atoms with Gasteiger partial charge in [0.25, 0.3) is 44.5 Å². The Hall–Kier alpha value is -14.7. The number of benzene rings is 1. The number of halogens is 2. The fraction of sp³-hybridized carbons (Fsp3) is 0.330. The number of pyridine rings is 3. The van der Waals surface area contributed by atoms with Crippen LogP contribution in [0.2, 0.25) is 0 Å². The SMILES string of the molecule is CN(C)CCn1nc(-c2ccccc2F)ccc1=O.CN(C)CCn1nc(-c2cccnc2)ccc1=O.CN(C)CCn1nc(-c2ccncc2)ccc1=O.CN(C)CCn1nc(-c2ccsn2)ccc1=O.CN(C)CCn1nc(-c2cnccc2F)ccc1=O.CN(C)CCn1nc(-c2cscn2)ccc1=O.CN(C)CCn1nc(-c2ncco2)ccc1=O.CN(C)CCn1nc(-c2nccs2)ccc1=O. The van der Waals surface area contributed by atoms with E-state index in [2.05, 4.69) is 75.1 Å². The lowest BCUT2D eigenvalue weighted by atomic mass is 10.1. The summed E-state index contributed by atoms with van der Waals surface area (Å²) in [4.78, 5) is 133. The van der Waals surface area contributed by atoms with E-state index < -0.39 is 5.82 Å². The summed E-state index contributed by atoms with van der Waals surface area (Å²) in [7, 11) is 31.2. The third-order valence-corrected chi connectivity index (χ3v) is 21.8. The van der Waals surface area contributed by atoms with E-state index in [1.54, 1.807) is 122 Å². The summed E-state index contributed by atoms with van der Waals surface area (Å²) in [5.41, 5.74) is 10.3. The number of hydrogen-bond acceptors (Lipinski definition) is 35. The first-order valence-electron chi connectivity index (χ1n) is 44.7. The second kappa shape index (κ2) is 57.8. The maximum absolute atomic E-state index is 13.7. The van der Waals surface area contributed by atoms with Crippen molar-refractivity contribution in [3.63, 3.8) is 0 Å². The van der Waals surface area contributed by atoms with E-state index in [0.717, 1.165) is 95.3 Å². The van der Waals surface area contributed by atoms with Crippen LogP contribution in [0.1, 0.15) is 0 Å². The molecule has 0 aliphatic rings. The number of likely N-dealkylation sites (N-methyl/N-ethyl adjacent to an activating group) is 8. The predicted octanol–water partition coefficient (Wildman–Crippen LogP) is 7.60. The van der Waals surface area contributed by atoms with Crippen molar-refractivity contribution in [2.24, 2.45) is 0 Å². The van der Waals surface area contributed by atoms with Gasteiger partial charge in [0.15, 0.2) is 0 Å². The quantitative estimate of drug-likeness (QED) is 0.0391. The van der Waals surface area contributed by atoms with Crippen LogP contribution in [0.3, 0.4) is 0 Å². The molecular weight excluding hydrogens is 1880 g/mol. The number of nitrogens with zero attached hydrogens (tertiary/aromatic N) is 31. The standard InChI is InChI=1S/C14H16FN3O.C13H15FN4O.2C13H16N4O.C11H14N4O2.3C11H14N4OS/c1-17(2)9-10-18-14(19)8-7-13(16-18)11-5-3-4-6-12(11)15;1-17(2)7-8-18-13(19)4-3-12(16-18)10-9-15-6-5-11(10)14;1-16(2)9-10-17-13(18)4-3-12(15-17)11-5-7-14-8-6-11;1-16(2)8-9-17-13(18)6-5-12(15-17)11-4-3-7-14-10-11;1-14(2)6-7-15-10(16)4-3-9(13-15)11-12-5-8-17-11;1-14(2)6-7-15-11(16)4-3-9(12-15)10-5-8-17-13-10;1-14(2)6-7-15-10(16)4-3-9(13-15)11-12-5-8-17-11;1-14(2)5-6-15-11(16)4-3-9(13-15)10-7-17-8-12-10/h3-8H,9-10H2,1-2H3;3-6,9H,7-8H2,1-2H3;3-8H,9-10H2,1-2H3;3-7,10H,8-9H2,1-2H3;3*3-5,8H,6-7H2,1-2H3;3-4,7-8H,5-6H2,1-2H3. The van der Waals surface area contributed by atoms with Crippen molar-refractivity contribution in [2.45, 2.75) is 52.4 Å². The predicted molar refractivity (Wildman–Crippen MR) is 550 cm³/mol. The minimum atomic E-state index is -0.402. The minimum Gasteiger partial charge on any atom is -0.443 e. The highest BCUT2D eigenvalue weighted by molar-refractivity contribution is 7.13. The van der Waals surface area contributed by atoms with Crippen LogP contribution in [0.15, 0.2) is 278 Å². The molecule has 142 heavy (non-hydrogen) atoms. The molecule has 40 nitrogen and oxygen atoms in total. The van der Waals surface area contributed by atoms with E-state index in [4.69, 9.17) is 4.42 Å². The molecule has 0 bridgehead atoms. The highest BCUT2D eigenvalue weighted by Gasteiger charge is 2.16. The van der Waals surface area contributed by atoms with Gasteiger partial charge < -0.3 is 43.6 Å². The summed E-state index contributed by atoms with van der Waals surface area (Å²) in [6, 6.07) is 42.4. The van der Waals surface area contributed by atoms with Crippen molar-refractivity contribution in [2.75, 3.05) is 165 Å². The van der Waals surface area contributed by atoms with Crippen molar-refractivity contribution < 1.29 is 13.2 Å². The Morgan fingerprint density at radius 1 is 0.289 bits per heavy atom. The van der Waals surface area contributed by atoms with Crippen molar-refractivity contribution in [3.8, 4) is 90.1 Å². The van der Waals surface area contributed by atoms with Crippen LogP contribution in [0, 0.1) is 11.6 Å². The third-order valence-electron chi connectivity index (χ3n) is 19.8. The van der Waals surface area contributed by atoms with Gasteiger partial charge in [0.1, 0.15) is 57.1 Å². The number of thiazole rings is 2. The first kappa shape index (κ1) is 111. The van der Waals surface area contributed by atoms with Gasteiger partial charge in [0.05, 0.1) is 92.4 Å². The van der Waals surface area contributed by atoms with E-state index in [1.165, 1.54) is 139 Å². The van der Waals surface area contributed by atoms with E-state index >= 15 is 0 Å². The molecule has 0 spiro atoms. The zero-order chi connectivity index (χ0) is 103. The Morgan fingerprint density at radius 3 is 1.02 bits per heavy atom. The van der Waals surface area contributed by atoms with Crippen LogP contribution in [-0.4, -0.2) is 317 Å². The second-order valence-corrected chi connectivity index (χ2v) is 35.7. The summed E-state index contributed by atoms with van der Waals surface area (Å²) < 4.78 is 48.2. The van der Waals surface area contributed by atoms with Crippen molar-refractivity contribution in [1.82, 2.24) is 152 Å². The average Bonchev–Trinajstić information content (AvgIpc) is 0.820. The lowest BCUT2D eigenvalue weighted by molar-refractivity contribution is 0.367. The smallest absolute Gasteiger partial charge is 0.266 e.